The molecule has 4 aromatic carbocycles. The summed E-state index contributed by atoms with van der Waals surface area (Å²) < 4.78 is 0. The van der Waals surface area contributed by atoms with Gasteiger partial charge in [0.05, 0.1) is 0 Å². The SMILES string of the molecule is C=C/C=C/CNC(=O)C(c1ccccc1)[P+](c1ccccc1)(c1ccccc1)c1ccccc1. The molecule has 0 radical (unpaired) electrons. The normalized spacial score (nSPS) is 12.2. The maximum absolute atomic E-state index is 14.1. The third-order valence-corrected chi connectivity index (χ3v) is 10.6. The van der Waals surface area contributed by atoms with Gasteiger partial charge in [0, 0.05) is 12.1 Å². The maximum Gasteiger partial charge on any atom is 0.266 e. The van der Waals surface area contributed by atoms with Gasteiger partial charge in [0.1, 0.15) is 23.2 Å². The van der Waals surface area contributed by atoms with Gasteiger partial charge in [-0.3, -0.25) is 4.79 Å². The molecule has 0 heterocycles. The summed E-state index contributed by atoms with van der Waals surface area (Å²) >= 11 is 0. The Morgan fingerprint density at radius 3 is 1.53 bits per heavy atom. The molecule has 168 valence electrons. The van der Waals surface area contributed by atoms with Gasteiger partial charge in [-0.05, 0) is 36.4 Å². The molecule has 1 N–H and O–H groups in total. The van der Waals surface area contributed by atoms with E-state index in [0.717, 1.165) is 5.56 Å². The van der Waals surface area contributed by atoms with Crippen LogP contribution >= 0.6 is 7.26 Å². The monoisotopic (exact) mass is 462 g/mol. The van der Waals surface area contributed by atoms with Crippen LogP contribution in [0.25, 0.3) is 0 Å². The summed E-state index contributed by atoms with van der Waals surface area (Å²) in [6.07, 6.45) is 5.49. The Bertz CT molecular complexity index is 1130. The van der Waals surface area contributed by atoms with Crippen LogP contribution in [0.15, 0.2) is 146 Å². The topological polar surface area (TPSA) is 29.1 Å². The van der Waals surface area contributed by atoms with Gasteiger partial charge < -0.3 is 5.32 Å². The molecule has 0 aliphatic rings. The molecule has 4 aromatic rings. The first kappa shape index (κ1) is 23.4. The average Bonchev–Trinajstić information content (AvgIpc) is 2.91. The van der Waals surface area contributed by atoms with Gasteiger partial charge in [-0.2, -0.15) is 0 Å². The van der Waals surface area contributed by atoms with Crippen molar-refractivity contribution < 1.29 is 4.79 Å². The van der Waals surface area contributed by atoms with Gasteiger partial charge >= 0.3 is 0 Å². The fourth-order valence-electron chi connectivity index (χ4n) is 4.49. The molecule has 2 nitrogen and oxygen atoms in total. The molecule has 0 aliphatic carbocycles. The highest BCUT2D eigenvalue weighted by Gasteiger charge is 2.56. The summed E-state index contributed by atoms with van der Waals surface area (Å²) in [5, 5.41) is 6.72. The van der Waals surface area contributed by atoms with Gasteiger partial charge in [-0.25, -0.2) is 0 Å². The number of carbonyl (C=O) groups excluding carboxylic acids is 1. The van der Waals surface area contributed by atoms with Gasteiger partial charge in [-0.1, -0.05) is 110 Å². The summed E-state index contributed by atoms with van der Waals surface area (Å²) in [5.74, 6) is 0.0183. The average molecular weight is 463 g/mol. The number of amides is 1. The molecule has 0 spiro atoms. The van der Waals surface area contributed by atoms with Crippen LogP contribution in [0.2, 0.25) is 0 Å². The number of allylic oxidation sites excluding steroid dienone is 2. The minimum Gasteiger partial charge on any atom is -0.349 e. The highest BCUT2D eigenvalue weighted by atomic mass is 31.2. The second kappa shape index (κ2) is 11.4. The molecule has 0 bridgehead atoms. The van der Waals surface area contributed by atoms with Crippen molar-refractivity contribution in [3.8, 4) is 0 Å². The summed E-state index contributed by atoms with van der Waals surface area (Å²) in [5.41, 5.74) is 0.621. The Balaban J connectivity index is 2.04. The van der Waals surface area contributed by atoms with Crippen molar-refractivity contribution in [2.75, 3.05) is 6.54 Å². The van der Waals surface area contributed by atoms with Crippen molar-refractivity contribution in [2.45, 2.75) is 5.66 Å². The van der Waals surface area contributed by atoms with Crippen molar-refractivity contribution in [3.63, 3.8) is 0 Å². The van der Waals surface area contributed by atoms with E-state index in [9.17, 15) is 4.79 Å². The summed E-state index contributed by atoms with van der Waals surface area (Å²) in [7, 11) is -2.45. The van der Waals surface area contributed by atoms with E-state index in [1.807, 2.05) is 48.6 Å². The van der Waals surface area contributed by atoms with Crippen LogP contribution < -0.4 is 21.2 Å². The third-order valence-electron chi connectivity index (χ3n) is 5.91. The number of carbonyl (C=O) groups is 1. The number of nitrogens with one attached hydrogen (secondary N) is 1. The molecule has 0 saturated carbocycles. The van der Waals surface area contributed by atoms with E-state index in [4.69, 9.17) is 0 Å². The first-order chi connectivity index (χ1) is 16.8. The zero-order chi connectivity index (χ0) is 23.6. The summed E-state index contributed by atoms with van der Waals surface area (Å²) in [6.45, 7) is 4.18. The highest BCUT2D eigenvalue weighted by molar-refractivity contribution is 7.96. The van der Waals surface area contributed by atoms with Gasteiger partial charge in [0.15, 0.2) is 5.66 Å². The largest absolute Gasteiger partial charge is 0.349 e. The van der Waals surface area contributed by atoms with E-state index in [1.165, 1.54) is 15.9 Å². The molecule has 4 rings (SSSR count). The zero-order valence-electron chi connectivity index (χ0n) is 19.1. The molecule has 34 heavy (non-hydrogen) atoms. The second-order valence-electron chi connectivity index (χ2n) is 7.95. The Labute approximate surface area is 203 Å². The molecular formula is C31H29NOP+. The minimum atomic E-state index is -2.45. The van der Waals surface area contributed by atoms with Crippen molar-refractivity contribution >= 4 is 29.1 Å². The van der Waals surface area contributed by atoms with E-state index >= 15 is 0 Å². The molecule has 3 heteroatoms. The summed E-state index contributed by atoms with van der Waals surface area (Å²) in [4.78, 5) is 14.1. The first-order valence-corrected chi connectivity index (χ1v) is 13.3. The minimum absolute atomic E-state index is 0.0183. The lowest BCUT2D eigenvalue weighted by molar-refractivity contribution is -0.120. The van der Waals surface area contributed by atoms with Crippen LogP contribution in [0.4, 0.5) is 0 Å². The Hall–Kier alpha value is -3.74. The third kappa shape index (κ3) is 4.78. The molecule has 0 saturated heterocycles. The lowest BCUT2D eigenvalue weighted by Gasteiger charge is -2.34. The lowest BCUT2D eigenvalue weighted by atomic mass is 10.1. The molecule has 1 unspecified atom stereocenters. The van der Waals surface area contributed by atoms with Crippen LogP contribution in [0.3, 0.4) is 0 Å². The van der Waals surface area contributed by atoms with Crippen LogP contribution in [0, 0.1) is 0 Å². The Kier molecular flexibility index (Phi) is 7.86. The predicted molar refractivity (Wildman–Crippen MR) is 147 cm³/mol. The van der Waals surface area contributed by atoms with E-state index < -0.39 is 12.9 Å². The lowest BCUT2D eigenvalue weighted by Crippen LogP contribution is -2.42. The molecule has 1 amide bonds. The van der Waals surface area contributed by atoms with Crippen LogP contribution in [-0.2, 0) is 4.79 Å². The van der Waals surface area contributed by atoms with E-state index in [0.29, 0.717) is 6.54 Å². The number of rotatable bonds is 9. The molecular weight excluding hydrogens is 433 g/mol. The maximum atomic E-state index is 14.1. The smallest absolute Gasteiger partial charge is 0.266 e. The van der Waals surface area contributed by atoms with E-state index in [2.05, 4.69) is 96.8 Å². The standard InChI is InChI=1S/C31H28NOP/c1-2-3-16-25-32-31(33)30(26-17-8-4-9-18-26)34(27-19-10-5-11-20-27,28-21-12-6-13-22-28)29-23-14-7-15-24-29/h2-24,30H,1,25H2/p+1/b16-3+. The van der Waals surface area contributed by atoms with E-state index in [1.54, 1.807) is 6.08 Å². The van der Waals surface area contributed by atoms with Crippen LogP contribution in [-0.4, -0.2) is 12.5 Å². The van der Waals surface area contributed by atoms with Gasteiger partial charge in [-0.15, -0.1) is 0 Å². The van der Waals surface area contributed by atoms with Gasteiger partial charge in [0.25, 0.3) is 5.91 Å². The number of hydrogen-bond acceptors (Lipinski definition) is 1. The number of hydrogen-bond donors (Lipinski definition) is 1. The first-order valence-electron chi connectivity index (χ1n) is 11.4. The predicted octanol–water partition coefficient (Wildman–Crippen LogP) is 5.58. The van der Waals surface area contributed by atoms with Crippen molar-refractivity contribution in [1.82, 2.24) is 5.32 Å². The zero-order valence-corrected chi connectivity index (χ0v) is 20.0. The highest BCUT2D eigenvalue weighted by Crippen LogP contribution is 2.66. The van der Waals surface area contributed by atoms with Crippen LogP contribution in [0.1, 0.15) is 11.2 Å². The van der Waals surface area contributed by atoms with Crippen molar-refractivity contribution in [1.29, 1.82) is 0 Å². The number of benzene rings is 4. The van der Waals surface area contributed by atoms with E-state index in [-0.39, 0.29) is 5.91 Å². The molecule has 0 aliphatic heterocycles. The Morgan fingerprint density at radius 2 is 1.12 bits per heavy atom. The fraction of sp³-hybridized carbons (Fsp3) is 0.0645. The van der Waals surface area contributed by atoms with Crippen molar-refractivity contribution in [3.05, 3.63) is 152 Å². The quantitative estimate of drug-likeness (QED) is 0.255. The molecule has 0 aromatic heterocycles. The summed E-state index contributed by atoms with van der Waals surface area (Å²) in [6, 6.07) is 41.8. The molecule has 1 atom stereocenters. The van der Waals surface area contributed by atoms with Crippen molar-refractivity contribution in [2.24, 2.45) is 0 Å². The molecule has 0 fully saturated rings. The Morgan fingerprint density at radius 1 is 0.706 bits per heavy atom. The van der Waals surface area contributed by atoms with Crippen LogP contribution in [0.5, 0.6) is 0 Å². The van der Waals surface area contributed by atoms with Gasteiger partial charge in [0.2, 0.25) is 0 Å². The second-order valence-corrected chi connectivity index (χ2v) is 11.5. The fourth-order valence-corrected chi connectivity index (χ4v) is 9.27.